The fourth-order valence-electron chi connectivity index (χ4n) is 2.87. The minimum Gasteiger partial charge on any atom is -0.382 e. The van der Waals surface area contributed by atoms with Gasteiger partial charge in [0.05, 0.1) is 0 Å². The number of benzene rings is 2. The van der Waals surface area contributed by atoms with Crippen LogP contribution in [0.4, 0.5) is 0 Å². The third-order valence-electron chi connectivity index (χ3n) is 3.99. The van der Waals surface area contributed by atoms with Gasteiger partial charge in [-0.3, -0.25) is 0 Å². The molecule has 2 aromatic carbocycles. The zero-order valence-electron chi connectivity index (χ0n) is 12.9. The Morgan fingerprint density at radius 1 is 0.952 bits per heavy atom. The van der Waals surface area contributed by atoms with Crippen molar-refractivity contribution in [2.75, 3.05) is 13.2 Å². The summed E-state index contributed by atoms with van der Waals surface area (Å²) >= 11 is 0. The van der Waals surface area contributed by atoms with Crippen molar-refractivity contribution in [2.24, 2.45) is 0 Å². The molecule has 1 aliphatic carbocycles. The van der Waals surface area contributed by atoms with Crippen LogP contribution in [0.25, 0.3) is 21.8 Å². The van der Waals surface area contributed by atoms with Gasteiger partial charge in [-0.05, 0) is 50.3 Å². The van der Waals surface area contributed by atoms with Gasteiger partial charge in [0.25, 0.3) is 0 Å². The Labute approximate surface area is 126 Å². The quantitative estimate of drug-likeness (QED) is 0.697. The average Bonchev–Trinajstić information content (AvgIpc) is 3.28. The molecule has 2 nitrogen and oxygen atoms in total. The van der Waals surface area contributed by atoms with Gasteiger partial charge in [-0.15, -0.1) is 0 Å². The highest BCUT2D eigenvalue weighted by atomic mass is 16.5. The van der Waals surface area contributed by atoms with Crippen molar-refractivity contribution in [3.63, 3.8) is 0 Å². The second kappa shape index (κ2) is 6.31. The molecule has 4 rings (SSSR count). The maximum Gasteiger partial charge on any atom is 0.0467 e. The minimum atomic E-state index is 0.808. The number of para-hydroxylation sites is 1. The number of fused-ring (bicyclic) bond motifs is 3. The van der Waals surface area contributed by atoms with Crippen molar-refractivity contribution in [3.05, 3.63) is 48.0 Å². The van der Waals surface area contributed by atoms with Crippen LogP contribution >= 0.6 is 0 Å². The van der Waals surface area contributed by atoms with E-state index in [9.17, 15) is 0 Å². The Morgan fingerprint density at radius 3 is 2.33 bits per heavy atom. The summed E-state index contributed by atoms with van der Waals surface area (Å²) in [6.07, 6.45) is 2.72. The molecule has 0 radical (unpaired) electrons. The fraction of sp³-hybridized carbons (Fsp3) is 0.368. The number of aromatic nitrogens is 1. The van der Waals surface area contributed by atoms with E-state index in [4.69, 9.17) is 4.74 Å². The zero-order chi connectivity index (χ0) is 14.7. The second-order valence-corrected chi connectivity index (χ2v) is 5.50. The van der Waals surface area contributed by atoms with Crippen LogP contribution in [0.3, 0.4) is 0 Å². The number of aromatic amines is 1. The first-order valence-electron chi connectivity index (χ1n) is 7.92. The molecule has 0 bridgehead atoms. The number of H-pyrrole nitrogens is 1. The number of hydrogen-bond acceptors (Lipinski definition) is 1. The summed E-state index contributed by atoms with van der Waals surface area (Å²) < 4.78 is 4.83. The molecule has 1 aromatic heterocycles. The van der Waals surface area contributed by atoms with Crippen LogP contribution in [-0.2, 0) is 4.74 Å². The van der Waals surface area contributed by atoms with Crippen LogP contribution in [0.15, 0.2) is 42.5 Å². The lowest BCUT2D eigenvalue weighted by Crippen LogP contribution is -1.84. The monoisotopic (exact) mass is 281 g/mol. The van der Waals surface area contributed by atoms with E-state index in [1.807, 2.05) is 13.8 Å². The molecule has 1 fully saturated rings. The van der Waals surface area contributed by atoms with Crippen LogP contribution in [0.1, 0.15) is 38.2 Å². The van der Waals surface area contributed by atoms with Gasteiger partial charge in [0, 0.05) is 35.0 Å². The molecule has 0 atom stereocenters. The molecule has 1 N–H and O–H groups in total. The smallest absolute Gasteiger partial charge is 0.0467 e. The predicted octanol–water partition coefficient (Wildman–Crippen LogP) is 5.24. The third kappa shape index (κ3) is 2.96. The normalized spacial score (nSPS) is 14.2. The first-order chi connectivity index (χ1) is 10.3. The van der Waals surface area contributed by atoms with E-state index >= 15 is 0 Å². The van der Waals surface area contributed by atoms with E-state index in [1.165, 1.54) is 40.2 Å². The number of ether oxygens (including phenoxy) is 1. The van der Waals surface area contributed by atoms with Crippen molar-refractivity contribution >= 4 is 21.8 Å². The summed E-state index contributed by atoms with van der Waals surface area (Å²) in [6, 6.07) is 15.2. The topological polar surface area (TPSA) is 25.0 Å². The predicted molar refractivity (Wildman–Crippen MR) is 89.9 cm³/mol. The number of hydrogen-bond donors (Lipinski definition) is 1. The van der Waals surface area contributed by atoms with Crippen LogP contribution in [0.2, 0.25) is 0 Å². The third-order valence-corrected chi connectivity index (χ3v) is 3.99. The molecule has 3 aromatic rings. The number of rotatable bonds is 3. The molecule has 2 heteroatoms. The van der Waals surface area contributed by atoms with Gasteiger partial charge in [-0.25, -0.2) is 0 Å². The van der Waals surface area contributed by atoms with E-state index in [2.05, 4.69) is 47.4 Å². The first-order valence-corrected chi connectivity index (χ1v) is 7.92. The molecule has 110 valence electrons. The Kier molecular flexibility index (Phi) is 4.26. The van der Waals surface area contributed by atoms with Gasteiger partial charge < -0.3 is 9.72 Å². The van der Waals surface area contributed by atoms with Crippen LogP contribution in [-0.4, -0.2) is 18.2 Å². The SMILES string of the molecule is CCOCC.c1ccc2c(c1)[nH]c1cccc(C3CC3)c12. The summed E-state index contributed by atoms with van der Waals surface area (Å²) in [7, 11) is 0. The van der Waals surface area contributed by atoms with Crippen molar-refractivity contribution in [1.82, 2.24) is 4.98 Å². The molecule has 1 heterocycles. The molecule has 0 unspecified atom stereocenters. The first kappa shape index (κ1) is 14.2. The van der Waals surface area contributed by atoms with Gasteiger partial charge in [0.2, 0.25) is 0 Å². The van der Waals surface area contributed by atoms with E-state index in [1.54, 1.807) is 0 Å². The molecular weight excluding hydrogens is 258 g/mol. The van der Waals surface area contributed by atoms with E-state index < -0.39 is 0 Å². The lowest BCUT2D eigenvalue weighted by molar-refractivity contribution is 0.162. The minimum absolute atomic E-state index is 0.808. The molecule has 1 aliphatic rings. The van der Waals surface area contributed by atoms with Gasteiger partial charge in [0.1, 0.15) is 0 Å². The van der Waals surface area contributed by atoms with Crippen molar-refractivity contribution < 1.29 is 4.74 Å². The Hall–Kier alpha value is -1.80. The van der Waals surface area contributed by atoms with Gasteiger partial charge in [-0.2, -0.15) is 0 Å². The largest absolute Gasteiger partial charge is 0.382 e. The summed E-state index contributed by atoms with van der Waals surface area (Å²) in [4.78, 5) is 3.50. The van der Waals surface area contributed by atoms with Crippen LogP contribution in [0.5, 0.6) is 0 Å². The molecule has 0 saturated heterocycles. The summed E-state index contributed by atoms with van der Waals surface area (Å²) in [5.74, 6) is 0.808. The van der Waals surface area contributed by atoms with Gasteiger partial charge in [0.15, 0.2) is 0 Å². The molecule has 21 heavy (non-hydrogen) atoms. The van der Waals surface area contributed by atoms with Crippen molar-refractivity contribution in [3.8, 4) is 0 Å². The highest BCUT2D eigenvalue weighted by Crippen LogP contribution is 2.44. The Morgan fingerprint density at radius 2 is 1.67 bits per heavy atom. The van der Waals surface area contributed by atoms with Crippen LogP contribution in [0, 0.1) is 0 Å². The molecular formula is C19H23NO. The fourth-order valence-corrected chi connectivity index (χ4v) is 2.87. The molecule has 0 amide bonds. The Bertz CT molecular complexity index is 723. The summed E-state index contributed by atoms with van der Waals surface area (Å²) in [5, 5.41) is 2.82. The summed E-state index contributed by atoms with van der Waals surface area (Å²) in [6.45, 7) is 5.67. The lowest BCUT2D eigenvalue weighted by atomic mass is 10.0. The molecule has 0 spiro atoms. The standard InChI is InChI=1S/C15H13N.C4H10O/c1-2-6-13-12(4-1)15-11(10-8-9-10)5-3-7-14(15)16-13;1-3-5-4-2/h1-7,10,16H,8-9H2;3-4H2,1-2H3. The number of nitrogens with one attached hydrogen (secondary N) is 1. The maximum atomic E-state index is 4.83. The Balaban J connectivity index is 0.000000233. The van der Waals surface area contributed by atoms with E-state index in [0.717, 1.165) is 19.1 Å². The average molecular weight is 281 g/mol. The van der Waals surface area contributed by atoms with Crippen molar-refractivity contribution in [1.29, 1.82) is 0 Å². The van der Waals surface area contributed by atoms with Gasteiger partial charge >= 0.3 is 0 Å². The van der Waals surface area contributed by atoms with E-state index in [0.29, 0.717) is 0 Å². The summed E-state index contributed by atoms with van der Waals surface area (Å²) in [5.41, 5.74) is 4.08. The maximum absolute atomic E-state index is 4.83. The van der Waals surface area contributed by atoms with Crippen molar-refractivity contribution in [2.45, 2.75) is 32.6 Å². The highest BCUT2D eigenvalue weighted by Gasteiger charge is 2.26. The van der Waals surface area contributed by atoms with E-state index in [-0.39, 0.29) is 0 Å². The second-order valence-electron chi connectivity index (χ2n) is 5.50. The zero-order valence-corrected chi connectivity index (χ0v) is 12.9. The molecule has 0 aliphatic heterocycles. The van der Waals surface area contributed by atoms with Crippen LogP contribution < -0.4 is 0 Å². The lowest BCUT2D eigenvalue weighted by Gasteiger charge is -2.00. The highest BCUT2D eigenvalue weighted by molar-refractivity contribution is 6.09. The molecule has 1 saturated carbocycles. The van der Waals surface area contributed by atoms with Gasteiger partial charge in [-0.1, -0.05) is 30.3 Å².